The van der Waals surface area contributed by atoms with Crippen molar-refractivity contribution in [2.75, 3.05) is 33.5 Å². The molecule has 0 saturated carbocycles. The zero-order valence-corrected chi connectivity index (χ0v) is 47.7. The minimum atomic E-state index is -1.55. The number of ether oxygens (including phenoxy) is 6. The molecule has 3 aliphatic rings. The standard InChI is InChI=1S/C51H93N7O21/c1-25(19-49(8,9)78-46-37(56-28(4)63)43(72)40(69)31(22-60)76-46)53-33(65)13-16-51(52-12,18-15-35(67)58-48(6,7)24-74-45-36(55-27(3)62)42(71)39(68)30(21-59)75-45)17-14-34(66)54-26(2)20-50(10,11)79-47-38(57-29(5)64)44(73)41(70)32(23-61)77-47/h25-26,30-32,36-47,52,59-61,68-73H,13-24H2,1-12H3,(H,53,65)(H,54,66)(H,55,62)(H,56,63)(H,57,64)(H,58,67). The third kappa shape index (κ3) is 21.5. The molecule has 458 valence electrons. The molecular weight excluding hydrogens is 1050 g/mol. The van der Waals surface area contributed by atoms with Gasteiger partial charge in [-0.25, -0.2) is 0 Å². The van der Waals surface area contributed by atoms with Crippen LogP contribution < -0.4 is 37.2 Å². The third-order valence-electron chi connectivity index (χ3n) is 14.1. The van der Waals surface area contributed by atoms with Gasteiger partial charge in [0.2, 0.25) is 35.4 Å². The van der Waals surface area contributed by atoms with Crippen LogP contribution in [-0.2, 0) is 57.2 Å². The number of aliphatic hydroxyl groups is 9. The van der Waals surface area contributed by atoms with E-state index in [1.807, 2.05) is 0 Å². The molecule has 3 rings (SSSR count). The third-order valence-corrected chi connectivity index (χ3v) is 14.1. The first-order valence-electron chi connectivity index (χ1n) is 26.9. The average molecular weight is 1140 g/mol. The molecule has 6 amide bonds. The summed E-state index contributed by atoms with van der Waals surface area (Å²) in [5.74, 6) is -2.79. The van der Waals surface area contributed by atoms with Gasteiger partial charge in [-0.1, -0.05) is 0 Å². The molecule has 17 atom stereocenters. The molecular formula is C51H93N7O21. The van der Waals surface area contributed by atoms with Gasteiger partial charge in [0, 0.05) is 57.7 Å². The molecule has 0 radical (unpaired) electrons. The highest BCUT2D eigenvalue weighted by Crippen LogP contribution is 2.32. The maximum Gasteiger partial charge on any atom is 0.220 e. The summed E-state index contributed by atoms with van der Waals surface area (Å²) in [4.78, 5) is 77.2. The van der Waals surface area contributed by atoms with E-state index in [1.54, 1.807) is 62.4 Å². The number of carbonyl (C=O) groups excluding carboxylic acids is 6. The molecule has 28 nitrogen and oxygen atoms in total. The van der Waals surface area contributed by atoms with Crippen molar-refractivity contribution in [3.8, 4) is 0 Å². The van der Waals surface area contributed by atoms with Gasteiger partial charge in [0.1, 0.15) is 73.1 Å². The number of aliphatic hydroxyl groups excluding tert-OH is 9. The highest BCUT2D eigenvalue weighted by atomic mass is 16.7. The number of hydrogen-bond donors (Lipinski definition) is 16. The van der Waals surface area contributed by atoms with E-state index in [0.29, 0.717) is 0 Å². The van der Waals surface area contributed by atoms with Crippen LogP contribution in [-0.4, -0.2) is 241 Å². The number of carbonyl (C=O) groups is 6. The first-order valence-corrected chi connectivity index (χ1v) is 26.9. The molecule has 0 bridgehead atoms. The molecule has 3 fully saturated rings. The molecule has 3 saturated heterocycles. The quantitative estimate of drug-likeness (QED) is 0.0322. The van der Waals surface area contributed by atoms with Crippen molar-refractivity contribution in [3.63, 3.8) is 0 Å². The second-order valence-corrected chi connectivity index (χ2v) is 23.2. The predicted octanol–water partition coefficient (Wildman–Crippen LogP) is -4.59. The molecule has 79 heavy (non-hydrogen) atoms. The van der Waals surface area contributed by atoms with Gasteiger partial charge in [-0.3, -0.25) is 28.8 Å². The smallest absolute Gasteiger partial charge is 0.220 e. The lowest BCUT2D eigenvalue weighted by Crippen LogP contribution is -2.65. The Hall–Kier alpha value is -3.82. The summed E-state index contributed by atoms with van der Waals surface area (Å²) in [6, 6.07) is -4.64. The number of rotatable bonds is 30. The monoisotopic (exact) mass is 1140 g/mol. The normalized spacial score (nSPS) is 31.2. The summed E-state index contributed by atoms with van der Waals surface area (Å²) in [7, 11) is 1.65. The molecule has 28 heteroatoms. The van der Waals surface area contributed by atoms with E-state index in [0.717, 1.165) is 0 Å². The van der Waals surface area contributed by atoms with E-state index in [2.05, 4.69) is 37.2 Å². The number of hydrogen-bond acceptors (Lipinski definition) is 22. The Morgan fingerprint density at radius 1 is 0.506 bits per heavy atom. The van der Waals surface area contributed by atoms with Gasteiger partial charge in [0.15, 0.2) is 18.9 Å². The van der Waals surface area contributed by atoms with Crippen LogP contribution in [0.3, 0.4) is 0 Å². The fraction of sp³-hybridized carbons (Fsp3) is 0.882. The first-order chi connectivity index (χ1) is 36.6. The van der Waals surface area contributed by atoms with Crippen LogP contribution >= 0.6 is 0 Å². The van der Waals surface area contributed by atoms with Crippen LogP contribution in [0.25, 0.3) is 0 Å². The highest BCUT2D eigenvalue weighted by Gasteiger charge is 2.50. The van der Waals surface area contributed by atoms with Crippen molar-refractivity contribution >= 4 is 35.4 Å². The molecule has 0 aromatic heterocycles. The molecule has 16 N–H and O–H groups in total. The zero-order valence-electron chi connectivity index (χ0n) is 47.7. The van der Waals surface area contributed by atoms with Crippen molar-refractivity contribution in [1.29, 1.82) is 0 Å². The van der Waals surface area contributed by atoms with E-state index in [1.165, 1.54) is 20.8 Å². The molecule has 0 aromatic carbocycles. The average Bonchev–Trinajstić information content (AvgIpc) is 3.35. The summed E-state index contributed by atoms with van der Waals surface area (Å²) in [6.07, 6.45) is -16.2. The lowest BCUT2D eigenvalue weighted by molar-refractivity contribution is -0.296. The second kappa shape index (κ2) is 30.5. The van der Waals surface area contributed by atoms with E-state index < -0.39 is 170 Å². The van der Waals surface area contributed by atoms with Gasteiger partial charge in [-0.15, -0.1) is 0 Å². The second-order valence-electron chi connectivity index (χ2n) is 23.2. The Morgan fingerprint density at radius 3 is 1.14 bits per heavy atom. The summed E-state index contributed by atoms with van der Waals surface area (Å²) < 4.78 is 35.5. The lowest BCUT2D eigenvalue weighted by atomic mass is 9.83. The maximum atomic E-state index is 13.8. The van der Waals surface area contributed by atoms with Crippen LogP contribution in [0.1, 0.15) is 128 Å². The SMILES string of the molecule is CNC(CCC(=O)NC(C)CC(C)(C)OC1OC(CO)C(O)C(O)C1NC(C)=O)(CCC(=O)NC(C)CC(C)(C)OC1OC(CO)C(O)C(O)C1NC(C)=O)CCC(=O)NC(C)(C)COC1OC(CO)C(O)C(O)C1NC(C)=O. The summed E-state index contributed by atoms with van der Waals surface area (Å²) >= 11 is 0. The molecule has 3 aliphatic heterocycles. The Morgan fingerprint density at radius 2 is 0.823 bits per heavy atom. The first kappa shape index (κ1) is 69.4. The van der Waals surface area contributed by atoms with Crippen LogP contribution in [0.15, 0.2) is 0 Å². The predicted molar refractivity (Wildman–Crippen MR) is 279 cm³/mol. The molecule has 0 aliphatic carbocycles. The van der Waals surface area contributed by atoms with Crippen LogP contribution in [0.2, 0.25) is 0 Å². The van der Waals surface area contributed by atoms with E-state index in [4.69, 9.17) is 28.4 Å². The number of nitrogens with one attached hydrogen (secondary N) is 7. The summed E-state index contributed by atoms with van der Waals surface area (Å²) in [6.45, 7) is 15.1. The largest absolute Gasteiger partial charge is 0.394 e. The lowest BCUT2D eigenvalue weighted by Gasteiger charge is -2.45. The van der Waals surface area contributed by atoms with Crippen molar-refractivity contribution in [1.82, 2.24) is 37.2 Å². The maximum absolute atomic E-state index is 13.8. The van der Waals surface area contributed by atoms with Gasteiger partial charge in [-0.2, -0.15) is 0 Å². The van der Waals surface area contributed by atoms with Crippen molar-refractivity contribution < 1.29 is 103 Å². The Kier molecular flexibility index (Phi) is 26.8. The van der Waals surface area contributed by atoms with Gasteiger partial charge < -0.3 is 112 Å². The summed E-state index contributed by atoms with van der Waals surface area (Å²) in [5.41, 5.74) is -4.23. The van der Waals surface area contributed by atoms with Crippen molar-refractivity contribution in [2.45, 2.75) is 254 Å². The summed E-state index contributed by atoms with van der Waals surface area (Å²) in [5, 5.41) is 113. The van der Waals surface area contributed by atoms with Crippen molar-refractivity contribution in [3.05, 3.63) is 0 Å². The highest BCUT2D eigenvalue weighted by molar-refractivity contribution is 5.78. The molecule has 17 unspecified atom stereocenters. The fourth-order valence-electron chi connectivity index (χ4n) is 10.3. The van der Waals surface area contributed by atoms with E-state index >= 15 is 0 Å². The molecule has 0 spiro atoms. The van der Waals surface area contributed by atoms with Gasteiger partial charge >= 0.3 is 0 Å². The van der Waals surface area contributed by atoms with Crippen LogP contribution in [0.4, 0.5) is 0 Å². The fourth-order valence-corrected chi connectivity index (χ4v) is 10.3. The Balaban J connectivity index is 1.76. The Bertz CT molecular complexity index is 1900. The minimum absolute atomic E-state index is 0.0760. The Labute approximate surface area is 462 Å². The van der Waals surface area contributed by atoms with Crippen molar-refractivity contribution in [2.24, 2.45) is 0 Å². The van der Waals surface area contributed by atoms with Crippen LogP contribution in [0, 0.1) is 0 Å². The molecule has 0 aromatic rings. The van der Waals surface area contributed by atoms with Gasteiger partial charge in [-0.05, 0) is 94.5 Å². The van der Waals surface area contributed by atoms with E-state index in [-0.39, 0.29) is 69.8 Å². The molecule has 3 heterocycles. The zero-order chi connectivity index (χ0) is 60.0. The minimum Gasteiger partial charge on any atom is -0.394 e. The van der Waals surface area contributed by atoms with Gasteiger partial charge in [0.05, 0.1) is 43.2 Å². The van der Waals surface area contributed by atoms with E-state index in [9.17, 15) is 74.7 Å². The van der Waals surface area contributed by atoms with Gasteiger partial charge in [0.25, 0.3) is 0 Å². The number of amides is 6. The topological polar surface area (TPSA) is 424 Å². The van der Waals surface area contributed by atoms with Crippen LogP contribution in [0.5, 0.6) is 0 Å².